The normalized spacial score (nSPS) is 17.4. The molecule has 0 fully saturated rings. The van der Waals surface area contributed by atoms with E-state index in [1.165, 1.54) is 0 Å². The van der Waals surface area contributed by atoms with Crippen LogP contribution in [0.4, 0.5) is 0 Å². The van der Waals surface area contributed by atoms with Gasteiger partial charge < -0.3 is 29.9 Å². The highest BCUT2D eigenvalue weighted by Gasteiger charge is 2.31. The van der Waals surface area contributed by atoms with Gasteiger partial charge in [-0.3, -0.25) is 9.59 Å². The zero-order valence-electron chi connectivity index (χ0n) is 10.1. The molecule has 4 N–H and O–H groups in total. The summed E-state index contributed by atoms with van der Waals surface area (Å²) in [5.74, 6) is -1.31. The Hall–Kier alpha value is -1.22. The molecule has 0 aliphatic carbocycles. The Bertz CT molecular complexity index is 251. The second-order valence-electron chi connectivity index (χ2n) is 3.72. The molecule has 0 radical (unpaired) electrons. The predicted octanol–water partition coefficient (Wildman–Crippen LogP) is -2.44. The molecule has 8 heteroatoms. The van der Waals surface area contributed by atoms with Crippen molar-refractivity contribution in [1.82, 2.24) is 0 Å². The van der Waals surface area contributed by atoms with Crippen molar-refractivity contribution in [2.75, 3.05) is 13.2 Å². The van der Waals surface area contributed by atoms with Crippen molar-refractivity contribution in [3.8, 4) is 0 Å². The molecule has 18 heavy (non-hydrogen) atoms. The Morgan fingerprint density at radius 1 is 0.833 bits per heavy atom. The standard InChI is InChI=1S/C10H18O8/c1-5(11)17-3-7(13)9(15)10(16)8(14)4-18-6(2)12/h7-10,13-16H,3-4H2,1-2H3/t7-,8+,9-,10-/m1/s1. The van der Waals surface area contributed by atoms with E-state index in [1.54, 1.807) is 0 Å². The zero-order valence-corrected chi connectivity index (χ0v) is 10.1. The summed E-state index contributed by atoms with van der Waals surface area (Å²) in [5, 5.41) is 37.6. The lowest BCUT2D eigenvalue weighted by Gasteiger charge is -2.25. The van der Waals surface area contributed by atoms with Crippen LogP contribution in [-0.2, 0) is 19.1 Å². The Labute approximate surface area is 104 Å². The zero-order chi connectivity index (χ0) is 14.3. The average molecular weight is 266 g/mol. The number of carbonyl (C=O) groups is 2. The maximum absolute atomic E-state index is 10.5. The molecular weight excluding hydrogens is 248 g/mol. The summed E-state index contributed by atoms with van der Waals surface area (Å²) < 4.78 is 8.85. The van der Waals surface area contributed by atoms with Crippen LogP contribution in [0.1, 0.15) is 13.8 Å². The van der Waals surface area contributed by atoms with E-state index >= 15 is 0 Å². The first kappa shape index (κ1) is 16.8. The topological polar surface area (TPSA) is 134 Å². The first-order valence-electron chi connectivity index (χ1n) is 5.24. The third kappa shape index (κ3) is 6.50. The van der Waals surface area contributed by atoms with Crippen molar-refractivity contribution in [3.63, 3.8) is 0 Å². The lowest BCUT2D eigenvalue weighted by molar-refractivity contribution is -0.160. The van der Waals surface area contributed by atoms with Gasteiger partial charge in [0.15, 0.2) is 0 Å². The molecule has 0 bridgehead atoms. The molecule has 0 saturated carbocycles. The molecule has 0 aromatic carbocycles. The molecular formula is C10H18O8. The fourth-order valence-corrected chi connectivity index (χ4v) is 1.06. The second-order valence-corrected chi connectivity index (χ2v) is 3.72. The minimum atomic E-state index is -1.74. The van der Waals surface area contributed by atoms with Gasteiger partial charge in [-0.25, -0.2) is 0 Å². The maximum atomic E-state index is 10.5. The van der Waals surface area contributed by atoms with Crippen molar-refractivity contribution >= 4 is 11.9 Å². The summed E-state index contributed by atoms with van der Waals surface area (Å²) >= 11 is 0. The number of hydrogen-bond acceptors (Lipinski definition) is 8. The van der Waals surface area contributed by atoms with Gasteiger partial charge in [0.05, 0.1) is 0 Å². The van der Waals surface area contributed by atoms with Crippen LogP contribution in [0.2, 0.25) is 0 Å². The quantitative estimate of drug-likeness (QED) is 0.373. The van der Waals surface area contributed by atoms with E-state index < -0.39 is 49.6 Å². The predicted molar refractivity (Wildman–Crippen MR) is 57.3 cm³/mol. The van der Waals surface area contributed by atoms with Gasteiger partial charge in [0.1, 0.15) is 37.6 Å². The SMILES string of the molecule is CC(=O)OC[C@@H](O)[C@@H](O)[C@H](O)[C@@H](O)COC(C)=O. The molecule has 0 aromatic heterocycles. The minimum Gasteiger partial charge on any atom is -0.463 e. The Morgan fingerprint density at radius 3 is 1.33 bits per heavy atom. The number of esters is 2. The maximum Gasteiger partial charge on any atom is 0.302 e. The molecule has 0 aromatic rings. The summed E-state index contributed by atoms with van der Waals surface area (Å²) in [6.07, 6.45) is -6.60. The van der Waals surface area contributed by atoms with Gasteiger partial charge in [0, 0.05) is 13.8 Å². The van der Waals surface area contributed by atoms with E-state index in [0.29, 0.717) is 0 Å². The van der Waals surface area contributed by atoms with Gasteiger partial charge in [0.25, 0.3) is 0 Å². The van der Waals surface area contributed by atoms with E-state index in [-0.39, 0.29) is 0 Å². The van der Waals surface area contributed by atoms with E-state index in [9.17, 15) is 30.0 Å². The summed E-state index contributed by atoms with van der Waals surface area (Å²) in [6, 6.07) is 0. The van der Waals surface area contributed by atoms with Crippen LogP contribution in [0.3, 0.4) is 0 Å². The van der Waals surface area contributed by atoms with Gasteiger partial charge in [-0.1, -0.05) is 0 Å². The summed E-state index contributed by atoms with van der Waals surface area (Å²) in [5.41, 5.74) is 0. The van der Waals surface area contributed by atoms with Gasteiger partial charge in [-0.15, -0.1) is 0 Å². The lowest BCUT2D eigenvalue weighted by atomic mass is 10.0. The number of hydrogen-bond donors (Lipinski definition) is 4. The summed E-state index contributed by atoms with van der Waals surface area (Å²) in [7, 11) is 0. The van der Waals surface area contributed by atoms with E-state index in [1.807, 2.05) is 0 Å². The number of rotatable bonds is 7. The summed E-state index contributed by atoms with van der Waals surface area (Å²) in [4.78, 5) is 20.9. The Morgan fingerprint density at radius 2 is 1.11 bits per heavy atom. The van der Waals surface area contributed by atoms with Crippen LogP contribution in [0.25, 0.3) is 0 Å². The van der Waals surface area contributed by atoms with Crippen LogP contribution in [0.5, 0.6) is 0 Å². The lowest BCUT2D eigenvalue weighted by Crippen LogP contribution is -2.47. The Balaban J connectivity index is 4.16. The van der Waals surface area contributed by atoms with Crippen molar-refractivity contribution in [1.29, 1.82) is 0 Å². The molecule has 0 rings (SSSR count). The average Bonchev–Trinajstić information content (AvgIpc) is 2.30. The molecule has 4 atom stereocenters. The number of ether oxygens (including phenoxy) is 2. The Kier molecular flexibility index (Phi) is 7.44. The van der Waals surface area contributed by atoms with Crippen molar-refractivity contribution < 1.29 is 39.5 Å². The van der Waals surface area contributed by atoms with E-state index in [0.717, 1.165) is 13.8 Å². The molecule has 0 saturated heterocycles. The molecule has 8 nitrogen and oxygen atoms in total. The highest BCUT2D eigenvalue weighted by atomic mass is 16.5. The van der Waals surface area contributed by atoms with E-state index in [4.69, 9.17) is 0 Å². The fraction of sp³-hybridized carbons (Fsp3) is 0.800. The van der Waals surface area contributed by atoms with Crippen LogP contribution in [-0.4, -0.2) is 70.0 Å². The third-order valence-corrected chi connectivity index (χ3v) is 2.05. The highest BCUT2D eigenvalue weighted by molar-refractivity contribution is 5.66. The third-order valence-electron chi connectivity index (χ3n) is 2.05. The molecule has 0 aliphatic rings. The molecule has 0 aliphatic heterocycles. The highest BCUT2D eigenvalue weighted by Crippen LogP contribution is 2.06. The van der Waals surface area contributed by atoms with Crippen molar-refractivity contribution in [2.24, 2.45) is 0 Å². The monoisotopic (exact) mass is 266 g/mol. The van der Waals surface area contributed by atoms with Gasteiger partial charge in [0.2, 0.25) is 0 Å². The fourth-order valence-electron chi connectivity index (χ4n) is 1.06. The first-order chi connectivity index (χ1) is 8.25. The largest absolute Gasteiger partial charge is 0.463 e. The van der Waals surface area contributed by atoms with Gasteiger partial charge in [-0.2, -0.15) is 0 Å². The second kappa shape index (κ2) is 7.98. The number of aliphatic hydroxyl groups is 4. The number of aliphatic hydroxyl groups excluding tert-OH is 4. The molecule has 0 amide bonds. The van der Waals surface area contributed by atoms with Crippen molar-refractivity contribution in [3.05, 3.63) is 0 Å². The molecule has 106 valence electrons. The molecule has 0 spiro atoms. The first-order valence-corrected chi connectivity index (χ1v) is 5.24. The van der Waals surface area contributed by atoms with Gasteiger partial charge in [-0.05, 0) is 0 Å². The number of carbonyl (C=O) groups excluding carboxylic acids is 2. The smallest absolute Gasteiger partial charge is 0.302 e. The molecule has 0 unspecified atom stereocenters. The van der Waals surface area contributed by atoms with Gasteiger partial charge >= 0.3 is 11.9 Å². The van der Waals surface area contributed by atoms with Crippen LogP contribution in [0.15, 0.2) is 0 Å². The summed E-state index contributed by atoms with van der Waals surface area (Å²) in [6.45, 7) is 1.19. The minimum absolute atomic E-state index is 0.520. The molecule has 0 heterocycles. The van der Waals surface area contributed by atoms with Crippen LogP contribution < -0.4 is 0 Å². The van der Waals surface area contributed by atoms with Crippen molar-refractivity contribution in [2.45, 2.75) is 38.3 Å². The van der Waals surface area contributed by atoms with Crippen LogP contribution >= 0.6 is 0 Å². The van der Waals surface area contributed by atoms with E-state index in [2.05, 4.69) is 9.47 Å². The van der Waals surface area contributed by atoms with Crippen LogP contribution in [0, 0.1) is 0 Å².